The van der Waals surface area contributed by atoms with Crippen molar-refractivity contribution in [2.24, 2.45) is 39.6 Å². The van der Waals surface area contributed by atoms with Crippen LogP contribution in [0.4, 0.5) is 10.5 Å². The number of hydrogen-bond acceptors (Lipinski definition) is 7. The molecule has 2 saturated carbocycles. The normalized spacial score (nSPS) is 24.4. The zero-order chi connectivity index (χ0) is 38.9. The number of carbonyl (C=O) groups excluding carboxylic acids is 3. The third-order valence-corrected chi connectivity index (χ3v) is 12.7. The lowest BCUT2D eigenvalue weighted by Crippen LogP contribution is -2.53. The minimum atomic E-state index is -0.647. The van der Waals surface area contributed by atoms with Crippen LogP contribution < -0.4 is 16.4 Å². The second-order valence-electron chi connectivity index (χ2n) is 16.4. The highest BCUT2D eigenvalue weighted by Gasteiger charge is 2.52. The van der Waals surface area contributed by atoms with Gasteiger partial charge < -0.3 is 26.0 Å². The molecular weight excluding hydrogens is 701 g/mol. The predicted octanol–water partition coefficient (Wildman–Crippen LogP) is 7.66. The monoisotopic (exact) mass is 752 g/mol. The molecule has 2 bridgehead atoms. The maximum atomic E-state index is 13.6. The molecular formula is C46H52N6O4. The lowest BCUT2D eigenvalue weighted by molar-refractivity contribution is -0.134. The molecule has 3 fully saturated rings. The van der Waals surface area contributed by atoms with Gasteiger partial charge in [-0.1, -0.05) is 74.5 Å². The summed E-state index contributed by atoms with van der Waals surface area (Å²) < 4.78 is 4.78. The van der Waals surface area contributed by atoms with Gasteiger partial charge in [0, 0.05) is 67.3 Å². The maximum absolute atomic E-state index is 13.6. The van der Waals surface area contributed by atoms with Crippen molar-refractivity contribution in [2.45, 2.75) is 77.4 Å². The fraction of sp³-hybridized carbons (Fsp3) is 0.413. The first-order valence-electron chi connectivity index (χ1n) is 20.2. The Labute approximate surface area is 329 Å². The molecule has 3 aromatic rings. The number of ether oxygens (including phenoxy) is 1. The number of rotatable bonds is 11. The van der Waals surface area contributed by atoms with E-state index in [4.69, 9.17) is 20.5 Å². The number of methoxy groups -OCH3 is 1. The molecule has 290 valence electrons. The standard InChI is InChI=1S/C46H52N6O4/c1-27(2)43(51-46(55)56-3)45(54)52-20-4-5-40(52)38-22-35(25-48-38)31-12-8-29(9-13-31)30-10-14-32(15-11-30)36-23-39(49-26-36)41-33-16-17-34(21-33)42(41)44(53)50-24-28-6-18-37(47)19-7-28/h6-15,18-19,25-27,33-34,40-43H,4-5,16-17,20-24,47H2,1-3H3,(H,50,53)(H,51,55)/t33?,34?,40-,41+,42-,43-/m0/s1. The number of carbonyl (C=O) groups is 3. The molecule has 0 radical (unpaired) electrons. The minimum Gasteiger partial charge on any atom is -0.453 e. The van der Waals surface area contributed by atoms with E-state index in [1.807, 2.05) is 55.4 Å². The Morgan fingerprint density at radius 1 is 0.804 bits per heavy atom. The molecule has 3 heterocycles. The number of aliphatic imine (C=N–C) groups is 2. The molecule has 3 aliphatic heterocycles. The number of likely N-dealkylation sites (tertiary alicyclic amines) is 1. The van der Waals surface area contributed by atoms with Crippen LogP contribution in [0.5, 0.6) is 0 Å². The molecule has 3 aromatic carbocycles. The average molecular weight is 753 g/mol. The fourth-order valence-electron chi connectivity index (χ4n) is 9.75. The zero-order valence-corrected chi connectivity index (χ0v) is 32.5. The van der Waals surface area contributed by atoms with Gasteiger partial charge >= 0.3 is 6.09 Å². The van der Waals surface area contributed by atoms with Gasteiger partial charge in [0.05, 0.1) is 13.2 Å². The number of anilines is 1. The summed E-state index contributed by atoms with van der Waals surface area (Å²) in [4.78, 5) is 50.8. The Bertz CT molecular complexity index is 2100. The molecule has 5 aliphatic rings. The number of alkyl carbamates (subject to hydrolysis) is 1. The van der Waals surface area contributed by atoms with E-state index < -0.39 is 12.1 Å². The van der Waals surface area contributed by atoms with Gasteiger partial charge in [0.1, 0.15) is 6.04 Å². The number of nitrogen functional groups attached to an aromatic ring is 1. The molecule has 2 aliphatic carbocycles. The zero-order valence-electron chi connectivity index (χ0n) is 32.5. The van der Waals surface area contributed by atoms with Crippen LogP contribution in [0.25, 0.3) is 22.3 Å². The van der Waals surface area contributed by atoms with Crippen LogP contribution in [0.2, 0.25) is 0 Å². The van der Waals surface area contributed by atoms with Crippen molar-refractivity contribution >= 4 is 46.2 Å². The van der Waals surface area contributed by atoms with Crippen LogP contribution in [0.15, 0.2) is 95.2 Å². The second kappa shape index (κ2) is 15.9. The largest absolute Gasteiger partial charge is 0.453 e. The van der Waals surface area contributed by atoms with E-state index in [2.05, 4.69) is 59.2 Å². The minimum absolute atomic E-state index is 0.0153. The highest BCUT2D eigenvalue weighted by Crippen LogP contribution is 2.54. The molecule has 10 nitrogen and oxygen atoms in total. The summed E-state index contributed by atoms with van der Waals surface area (Å²) in [5.41, 5.74) is 16.7. The third kappa shape index (κ3) is 7.53. The van der Waals surface area contributed by atoms with Crippen molar-refractivity contribution in [3.05, 3.63) is 102 Å². The number of allylic oxidation sites excluding steroid dienone is 2. The van der Waals surface area contributed by atoms with Crippen LogP contribution in [0, 0.1) is 29.6 Å². The maximum Gasteiger partial charge on any atom is 0.407 e. The molecule has 3 amide bonds. The van der Waals surface area contributed by atoms with Crippen molar-refractivity contribution in [1.82, 2.24) is 15.5 Å². The molecule has 2 unspecified atom stereocenters. The summed E-state index contributed by atoms with van der Waals surface area (Å²) in [5, 5.41) is 5.95. The molecule has 8 rings (SSSR count). The van der Waals surface area contributed by atoms with E-state index in [-0.39, 0.29) is 35.6 Å². The van der Waals surface area contributed by atoms with E-state index in [1.165, 1.54) is 19.1 Å². The Kier molecular flexibility index (Phi) is 10.6. The van der Waals surface area contributed by atoms with Gasteiger partial charge in [0.15, 0.2) is 0 Å². The molecule has 1 saturated heterocycles. The lowest BCUT2D eigenvalue weighted by atomic mass is 9.75. The highest BCUT2D eigenvalue weighted by atomic mass is 16.5. The van der Waals surface area contributed by atoms with Crippen LogP contribution >= 0.6 is 0 Å². The Morgan fingerprint density at radius 3 is 2.02 bits per heavy atom. The molecule has 56 heavy (non-hydrogen) atoms. The van der Waals surface area contributed by atoms with Crippen LogP contribution in [-0.2, 0) is 20.9 Å². The number of benzene rings is 3. The predicted molar refractivity (Wildman–Crippen MR) is 221 cm³/mol. The van der Waals surface area contributed by atoms with Crippen molar-refractivity contribution in [3.63, 3.8) is 0 Å². The Morgan fingerprint density at radius 2 is 1.39 bits per heavy atom. The smallest absolute Gasteiger partial charge is 0.407 e. The van der Waals surface area contributed by atoms with Gasteiger partial charge in [0.2, 0.25) is 11.8 Å². The molecule has 0 aromatic heterocycles. The van der Waals surface area contributed by atoms with Crippen LogP contribution in [0.1, 0.15) is 75.5 Å². The number of nitrogens with one attached hydrogen (secondary N) is 2. The first-order valence-corrected chi connectivity index (χ1v) is 20.2. The molecule has 6 atom stereocenters. The summed E-state index contributed by atoms with van der Waals surface area (Å²) in [6.45, 7) is 5.02. The SMILES string of the molecule is COC(=O)N[C@H](C(=O)N1CCC[C@H]1C1=NC=C(c2ccc(-c3ccc(C4=CN=C([C@H]5C6CCC(C6)[C@@H]5C(=O)NCc5ccc(N)cc5)C4)cc3)cc2)C1)C(C)C. The van der Waals surface area contributed by atoms with E-state index in [9.17, 15) is 14.4 Å². The number of fused-ring (bicyclic) bond motifs is 2. The molecule has 0 spiro atoms. The van der Waals surface area contributed by atoms with E-state index in [0.717, 1.165) is 82.6 Å². The van der Waals surface area contributed by atoms with Gasteiger partial charge in [-0.15, -0.1) is 0 Å². The Balaban J connectivity index is 0.860. The lowest BCUT2D eigenvalue weighted by Gasteiger charge is -2.31. The van der Waals surface area contributed by atoms with Gasteiger partial charge in [-0.3, -0.25) is 19.6 Å². The summed E-state index contributed by atoms with van der Waals surface area (Å²) in [5.74, 6) is 1.15. The summed E-state index contributed by atoms with van der Waals surface area (Å²) in [6, 6.07) is 24.3. The Hall–Kier alpha value is -5.51. The summed E-state index contributed by atoms with van der Waals surface area (Å²) >= 11 is 0. The first kappa shape index (κ1) is 37.4. The van der Waals surface area contributed by atoms with Gasteiger partial charge in [-0.05, 0) is 101 Å². The van der Waals surface area contributed by atoms with Crippen molar-refractivity contribution in [2.75, 3.05) is 19.4 Å². The summed E-state index contributed by atoms with van der Waals surface area (Å²) in [6.07, 6.45) is 10.0. The highest BCUT2D eigenvalue weighted by molar-refractivity contribution is 6.04. The summed E-state index contributed by atoms with van der Waals surface area (Å²) in [7, 11) is 1.31. The van der Waals surface area contributed by atoms with Crippen molar-refractivity contribution < 1.29 is 19.1 Å². The van der Waals surface area contributed by atoms with Crippen LogP contribution in [-0.4, -0.2) is 60.0 Å². The van der Waals surface area contributed by atoms with E-state index in [1.54, 1.807) is 0 Å². The quantitative estimate of drug-likeness (QED) is 0.173. The number of nitrogens with two attached hydrogens (primary N) is 1. The van der Waals surface area contributed by atoms with Gasteiger partial charge in [-0.25, -0.2) is 4.79 Å². The number of nitrogens with zero attached hydrogens (tertiary/aromatic N) is 3. The van der Waals surface area contributed by atoms with Gasteiger partial charge in [-0.2, -0.15) is 0 Å². The van der Waals surface area contributed by atoms with Crippen molar-refractivity contribution in [3.8, 4) is 11.1 Å². The second-order valence-corrected chi connectivity index (χ2v) is 16.4. The number of amides is 3. The van der Waals surface area contributed by atoms with E-state index in [0.29, 0.717) is 31.3 Å². The van der Waals surface area contributed by atoms with E-state index >= 15 is 0 Å². The van der Waals surface area contributed by atoms with Crippen LogP contribution in [0.3, 0.4) is 0 Å². The molecule has 10 heteroatoms. The van der Waals surface area contributed by atoms with Crippen molar-refractivity contribution in [1.29, 1.82) is 0 Å². The molecule has 4 N–H and O–H groups in total. The van der Waals surface area contributed by atoms with Gasteiger partial charge in [0.25, 0.3) is 0 Å². The topological polar surface area (TPSA) is 138 Å². The number of hydrogen-bond donors (Lipinski definition) is 3. The fourth-order valence-corrected chi connectivity index (χ4v) is 9.75. The first-order chi connectivity index (χ1) is 27.2. The third-order valence-electron chi connectivity index (χ3n) is 12.7. The average Bonchev–Trinajstić information content (AvgIpc) is 4.08.